The number of hydrogen-bond acceptors (Lipinski definition) is 3. The Kier molecular flexibility index (Phi) is 4.31. The highest BCUT2D eigenvalue weighted by molar-refractivity contribution is 9.10. The van der Waals surface area contributed by atoms with Crippen molar-refractivity contribution in [2.24, 2.45) is 13.0 Å². The average molecular weight is 277 g/mol. The zero-order valence-corrected chi connectivity index (χ0v) is 11.0. The van der Waals surface area contributed by atoms with E-state index in [4.69, 9.17) is 4.74 Å². The van der Waals surface area contributed by atoms with Crippen molar-refractivity contribution in [3.8, 4) is 0 Å². The lowest BCUT2D eigenvalue weighted by atomic mass is 9.99. The summed E-state index contributed by atoms with van der Waals surface area (Å²) in [5.41, 5.74) is 0.746. The van der Waals surface area contributed by atoms with Crippen LogP contribution in [0.2, 0.25) is 0 Å². The van der Waals surface area contributed by atoms with Crippen molar-refractivity contribution in [1.29, 1.82) is 0 Å². The zero-order valence-electron chi connectivity index (χ0n) is 9.44. The Morgan fingerprint density at radius 2 is 2.13 bits per heavy atom. The smallest absolute Gasteiger partial charge is 0.123 e. The van der Waals surface area contributed by atoms with Crippen molar-refractivity contribution in [2.45, 2.75) is 26.1 Å². The molecular weight excluding hydrogens is 260 g/mol. The Balaban J connectivity index is 2.97. The van der Waals surface area contributed by atoms with Crippen molar-refractivity contribution < 1.29 is 9.84 Å². The summed E-state index contributed by atoms with van der Waals surface area (Å²) in [6.45, 7) is 4.03. The van der Waals surface area contributed by atoms with Crippen molar-refractivity contribution in [2.75, 3.05) is 7.11 Å². The van der Waals surface area contributed by atoms with E-state index in [0.717, 1.165) is 10.2 Å². The standard InChI is InChI=1S/C10H17BrN2O2/c1-6(2)10(15-4)9(14)8-7(11)5-12-13(8)3/h5-6,9-10,14H,1-4H3. The van der Waals surface area contributed by atoms with Crippen molar-refractivity contribution in [3.05, 3.63) is 16.4 Å². The molecule has 0 saturated carbocycles. The molecular formula is C10H17BrN2O2. The Bertz CT molecular complexity index is 306. The molecule has 1 N–H and O–H groups in total. The van der Waals surface area contributed by atoms with E-state index >= 15 is 0 Å². The van der Waals surface area contributed by atoms with Gasteiger partial charge in [-0.25, -0.2) is 0 Å². The van der Waals surface area contributed by atoms with Gasteiger partial charge < -0.3 is 9.84 Å². The van der Waals surface area contributed by atoms with E-state index in [1.165, 1.54) is 0 Å². The lowest BCUT2D eigenvalue weighted by Crippen LogP contribution is -2.28. The van der Waals surface area contributed by atoms with Crippen LogP contribution >= 0.6 is 15.9 Å². The molecule has 0 saturated heterocycles. The molecule has 0 aliphatic carbocycles. The fourth-order valence-corrected chi connectivity index (χ4v) is 2.26. The monoisotopic (exact) mass is 276 g/mol. The first kappa shape index (κ1) is 12.7. The number of aliphatic hydroxyl groups is 1. The third kappa shape index (κ3) is 2.59. The predicted octanol–water partition coefficient (Wildman–Crippen LogP) is 1.89. The molecule has 0 aliphatic heterocycles. The van der Waals surface area contributed by atoms with Gasteiger partial charge in [0.1, 0.15) is 6.10 Å². The molecule has 4 nitrogen and oxygen atoms in total. The Morgan fingerprint density at radius 1 is 1.53 bits per heavy atom. The Hall–Kier alpha value is -0.390. The highest BCUT2D eigenvalue weighted by Gasteiger charge is 2.27. The molecule has 0 aliphatic rings. The first-order chi connectivity index (χ1) is 6.99. The summed E-state index contributed by atoms with van der Waals surface area (Å²) in [4.78, 5) is 0. The fraction of sp³-hybridized carbons (Fsp3) is 0.700. The first-order valence-electron chi connectivity index (χ1n) is 4.87. The average Bonchev–Trinajstić information content (AvgIpc) is 2.46. The van der Waals surface area contributed by atoms with E-state index in [2.05, 4.69) is 21.0 Å². The number of halogens is 1. The molecule has 1 aromatic heterocycles. The molecule has 0 amide bonds. The molecule has 0 spiro atoms. The maximum absolute atomic E-state index is 10.2. The summed E-state index contributed by atoms with van der Waals surface area (Å²) in [6.07, 6.45) is 0.777. The normalized spacial score (nSPS) is 15.7. The summed E-state index contributed by atoms with van der Waals surface area (Å²) in [7, 11) is 3.41. The molecule has 86 valence electrons. The van der Waals surface area contributed by atoms with Gasteiger partial charge in [0.2, 0.25) is 0 Å². The molecule has 2 unspecified atom stereocenters. The quantitative estimate of drug-likeness (QED) is 0.914. The van der Waals surface area contributed by atoms with Gasteiger partial charge in [-0.15, -0.1) is 0 Å². The van der Waals surface area contributed by atoms with E-state index in [9.17, 15) is 5.11 Å². The molecule has 1 rings (SSSR count). The van der Waals surface area contributed by atoms with Crippen LogP contribution < -0.4 is 0 Å². The molecule has 1 heterocycles. The highest BCUT2D eigenvalue weighted by Crippen LogP contribution is 2.29. The number of aliphatic hydroxyl groups excluding tert-OH is 1. The number of nitrogens with zero attached hydrogens (tertiary/aromatic N) is 2. The summed E-state index contributed by atoms with van der Waals surface area (Å²) < 4.78 is 7.76. The summed E-state index contributed by atoms with van der Waals surface area (Å²) in [6, 6.07) is 0. The minimum atomic E-state index is -0.670. The van der Waals surface area contributed by atoms with Gasteiger partial charge in [0, 0.05) is 14.2 Å². The van der Waals surface area contributed by atoms with E-state index < -0.39 is 6.10 Å². The first-order valence-corrected chi connectivity index (χ1v) is 5.66. The van der Waals surface area contributed by atoms with E-state index in [1.54, 1.807) is 25.0 Å². The largest absolute Gasteiger partial charge is 0.384 e. The number of ether oxygens (including phenoxy) is 1. The maximum Gasteiger partial charge on any atom is 0.123 e. The number of aryl methyl sites for hydroxylation is 1. The number of hydrogen-bond donors (Lipinski definition) is 1. The number of methoxy groups -OCH3 is 1. The molecule has 2 atom stereocenters. The van der Waals surface area contributed by atoms with E-state index in [1.807, 2.05) is 13.8 Å². The van der Waals surface area contributed by atoms with Gasteiger partial charge in [-0.2, -0.15) is 5.10 Å². The Morgan fingerprint density at radius 3 is 2.47 bits per heavy atom. The van der Waals surface area contributed by atoms with Crippen LogP contribution in [0, 0.1) is 5.92 Å². The van der Waals surface area contributed by atoms with E-state index in [-0.39, 0.29) is 12.0 Å². The minimum absolute atomic E-state index is 0.225. The van der Waals surface area contributed by atoms with E-state index in [0.29, 0.717) is 0 Å². The van der Waals surface area contributed by atoms with Crippen LogP contribution in [0.5, 0.6) is 0 Å². The summed E-state index contributed by atoms with van der Waals surface area (Å²) in [5.74, 6) is 0.242. The van der Waals surface area contributed by atoms with Crippen LogP contribution in [0.1, 0.15) is 25.6 Å². The minimum Gasteiger partial charge on any atom is -0.384 e. The molecule has 0 radical (unpaired) electrons. The van der Waals surface area contributed by atoms with Crippen LogP contribution in [-0.2, 0) is 11.8 Å². The predicted molar refractivity (Wildman–Crippen MR) is 61.5 cm³/mol. The van der Waals surface area contributed by atoms with Gasteiger partial charge in [0.15, 0.2) is 0 Å². The third-order valence-corrected chi connectivity index (χ3v) is 3.07. The van der Waals surface area contributed by atoms with Gasteiger partial charge in [-0.3, -0.25) is 4.68 Å². The SMILES string of the molecule is COC(C(C)C)C(O)c1c(Br)cnn1C. The molecule has 15 heavy (non-hydrogen) atoms. The fourth-order valence-electron chi connectivity index (χ4n) is 1.67. The van der Waals surface area contributed by atoms with Gasteiger partial charge in [-0.1, -0.05) is 13.8 Å². The molecule has 0 aromatic carbocycles. The zero-order chi connectivity index (χ0) is 11.6. The second kappa shape index (κ2) is 5.09. The van der Waals surface area contributed by atoms with Crippen LogP contribution in [0.25, 0.3) is 0 Å². The van der Waals surface area contributed by atoms with Gasteiger partial charge in [0.05, 0.1) is 22.5 Å². The third-order valence-electron chi connectivity index (χ3n) is 2.46. The topological polar surface area (TPSA) is 47.3 Å². The lowest BCUT2D eigenvalue weighted by molar-refractivity contribution is -0.0427. The highest BCUT2D eigenvalue weighted by atomic mass is 79.9. The lowest BCUT2D eigenvalue weighted by Gasteiger charge is -2.25. The maximum atomic E-state index is 10.2. The van der Waals surface area contributed by atoms with Gasteiger partial charge in [-0.05, 0) is 21.8 Å². The second-order valence-electron chi connectivity index (χ2n) is 3.89. The number of rotatable bonds is 4. The Labute approximate surface area is 98.4 Å². The van der Waals surface area contributed by atoms with Crippen molar-refractivity contribution in [3.63, 3.8) is 0 Å². The van der Waals surface area contributed by atoms with Crippen molar-refractivity contribution in [1.82, 2.24) is 9.78 Å². The van der Waals surface area contributed by atoms with Crippen LogP contribution in [-0.4, -0.2) is 28.1 Å². The van der Waals surface area contributed by atoms with Crippen LogP contribution in [0.4, 0.5) is 0 Å². The molecule has 0 bridgehead atoms. The van der Waals surface area contributed by atoms with Gasteiger partial charge in [0.25, 0.3) is 0 Å². The van der Waals surface area contributed by atoms with Crippen molar-refractivity contribution >= 4 is 15.9 Å². The van der Waals surface area contributed by atoms with Crippen LogP contribution in [0.15, 0.2) is 10.7 Å². The molecule has 0 fully saturated rings. The summed E-state index contributed by atoms with van der Waals surface area (Å²) >= 11 is 3.37. The number of aromatic nitrogens is 2. The summed E-state index contributed by atoms with van der Waals surface area (Å²) in [5, 5.41) is 14.3. The van der Waals surface area contributed by atoms with Crippen LogP contribution in [0.3, 0.4) is 0 Å². The molecule has 1 aromatic rings. The van der Waals surface area contributed by atoms with Gasteiger partial charge >= 0.3 is 0 Å². The second-order valence-corrected chi connectivity index (χ2v) is 4.74. The molecule has 5 heteroatoms.